The Bertz CT molecular complexity index is 3540. The van der Waals surface area contributed by atoms with Gasteiger partial charge in [0.1, 0.15) is 33.9 Å². The van der Waals surface area contributed by atoms with E-state index in [1.807, 2.05) is 119 Å². The lowest BCUT2D eigenvalue weighted by atomic mass is 10.0. The molecule has 0 atom stereocenters. The third kappa shape index (κ3) is 19.8. The lowest BCUT2D eigenvalue weighted by molar-refractivity contribution is 0.0230. The van der Waals surface area contributed by atoms with E-state index < -0.39 is 28.9 Å². The molecule has 5 N–H and O–H groups in total. The molecule has 3 aliphatic rings. The number of hydrogen-bond acceptors (Lipinski definition) is 19. The molecule has 3 aliphatic heterocycles. The highest BCUT2D eigenvalue weighted by molar-refractivity contribution is 7.13. The van der Waals surface area contributed by atoms with E-state index in [9.17, 15) is 28.8 Å². The van der Waals surface area contributed by atoms with Gasteiger partial charge >= 0.3 is 24.2 Å². The molecule has 23 heteroatoms. The van der Waals surface area contributed by atoms with Gasteiger partial charge in [0.25, 0.3) is 0 Å². The van der Waals surface area contributed by atoms with E-state index in [-0.39, 0.29) is 42.3 Å². The largest absolute Gasteiger partial charge is 0.477 e. The summed E-state index contributed by atoms with van der Waals surface area (Å²) in [6.07, 6.45) is 4.17. The summed E-state index contributed by atoms with van der Waals surface area (Å²) >= 11 is 3.28. The fraction of sp³-hybridized carbons (Fsp3) is 0.388. The normalized spacial score (nSPS) is 14.5. The van der Waals surface area contributed by atoms with Crippen molar-refractivity contribution in [2.24, 2.45) is 0 Å². The highest BCUT2D eigenvalue weighted by Gasteiger charge is 2.29. The van der Waals surface area contributed by atoms with E-state index in [0.29, 0.717) is 80.7 Å². The number of ether oxygens (including phenoxy) is 3. The highest BCUT2D eigenvalue weighted by atomic mass is 32.1. The number of Topliss-reactive ketones (excluding diaryl/α,β-unsaturated/α-hetero) is 2. The SMILES string of the molecule is CC(C)(C)OC(=O)N1CCN(c2ccc(C(=O)O)nc2)CC1.CC(C)(C)OC(=O)Nc1ccc(-c2cccs2)cc1CC(=O)c1ccc(N2CCN(C(=O)OC(C)(C)C)CC2)cn1.Nc1ccc(-c2cccs2)cc1CC(=O)c1ccc(N2CCNCC2)cn1. The first-order valence-corrected chi connectivity index (χ1v) is 31.7. The number of nitrogens with one attached hydrogen (secondary N) is 2. The quantitative estimate of drug-likeness (QED) is 0.0475. The van der Waals surface area contributed by atoms with E-state index in [1.54, 1.807) is 90.0 Å². The molecule has 7 aromatic rings. The van der Waals surface area contributed by atoms with Gasteiger partial charge in [-0.2, -0.15) is 0 Å². The fourth-order valence-electron chi connectivity index (χ4n) is 9.80. The fourth-order valence-corrected chi connectivity index (χ4v) is 11.2. The number of nitrogens with two attached hydrogens (primary N) is 1. The van der Waals surface area contributed by atoms with Gasteiger partial charge < -0.3 is 54.9 Å². The van der Waals surface area contributed by atoms with Gasteiger partial charge in [-0.25, -0.2) is 24.2 Å². The molecular formula is C67H81N11O10S2. The minimum atomic E-state index is -1.04. The van der Waals surface area contributed by atoms with E-state index >= 15 is 0 Å². The number of carbonyl (C=O) groups excluding carboxylic acids is 5. The van der Waals surface area contributed by atoms with Crippen molar-refractivity contribution in [1.82, 2.24) is 30.1 Å². The smallest absolute Gasteiger partial charge is 0.412 e. The number of benzene rings is 2. The maximum Gasteiger partial charge on any atom is 0.412 e. The Hall–Kier alpha value is -8.93. The van der Waals surface area contributed by atoms with Crippen molar-refractivity contribution in [3.63, 3.8) is 0 Å². The van der Waals surface area contributed by atoms with E-state index in [0.717, 1.165) is 64.8 Å². The summed E-state index contributed by atoms with van der Waals surface area (Å²) in [6, 6.07) is 30.2. The average molecular weight is 1260 g/mol. The number of aromatic carboxylic acids is 1. The lowest BCUT2D eigenvalue weighted by Gasteiger charge is -2.36. The number of nitrogen functional groups attached to an aromatic ring is 1. The molecule has 3 saturated heterocycles. The Labute approximate surface area is 534 Å². The van der Waals surface area contributed by atoms with Gasteiger partial charge in [0.15, 0.2) is 11.6 Å². The first-order chi connectivity index (χ1) is 42.7. The monoisotopic (exact) mass is 1260 g/mol. The number of carboxylic acids is 1. The van der Waals surface area contributed by atoms with Gasteiger partial charge in [0.05, 0.1) is 35.7 Å². The van der Waals surface area contributed by atoms with Crippen LogP contribution < -0.4 is 31.1 Å². The molecular weight excluding hydrogens is 1180 g/mol. The average Bonchev–Trinajstić information content (AvgIpc) is 2.40. The van der Waals surface area contributed by atoms with Crippen molar-refractivity contribution < 1.29 is 48.1 Å². The number of carbonyl (C=O) groups is 6. The number of rotatable bonds is 13. The predicted octanol–water partition coefficient (Wildman–Crippen LogP) is 11.7. The Balaban J connectivity index is 0.000000185. The van der Waals surface area contributed by atoms with Gasteiger partial charge in [-0.3, -0.25) is 24.9 Å². The molecule has 90 heavy (non-hydrogen) atoms. The molecule has 0 bridgehead atoms. The number of thiophene rings is 2. The van der Waals surface area contributed by atoms with Crippen LogP contribution in [0.4, 0.5) is 42.8 Å². The Kier molecular flexibility index (Phi) is 22.4. The van der Waals surface area contributed by atoms with Crippen LogP contribution in [0.2, 0.25) is 0 Å². The number of nitrogens with zero attached hydrogens (tertiary/aromatic N) is 8. The van der Waals surface area contributed by atoms with Gasteiger partial charge in [0, 0.05) is 113 Å². The summed E-state index contributed by atoms with van der Waals surface area (Å²) in [6.45, 7) is 25.2. The van der Waals surface area contributed by atoms with E-state index in [4.69, 9.17) is 25.1 Å². The zero-order chi connectivity index (χ0) is 64.8. The van der Waals surface area contributed by atoms with Gasteiger partial charge in [-0.1, -0.05) is 24.3 Å². The molecule has 8 heterocycles. The van der Waals surface area contributed by atoms with Crippen molar-refractivity contribution in [2.75, 3.05) is 104 Å². The number of anilines is 5. The summed E-state index contributed by atoms with van der Waals surface area (Å²) in [7, 11) is 0. The maximum atomic E-state index is 13.3. The molecule has 5 aromatic heterocycles. The van der Waals surface area contributed by atoms with Crippen LogP contribution in [0.3, 0.4) is 0 Å². The number of pyridine rings is 3. The molecule has 3 fully saturated rings. The third-order valence-electron chi connectivity index (χ3n) is 14.3. The van der Waals surface area contributed by atoms with Crippen molar-refractivity contribution in [1.29, 1.82) is 0 Å². The number of amides is 3. The molecule has 476 valence electrons. The second kappa shape index (κ2) is 30.0. The van der Waals surface area contributed by atoms with Crippen LogP contribution in [0.5, 0.6) is 0 Å². The topological polar surface area (TPSA) is 255 Å². The molecule has 21 nitrogen and oxygen atoms in total. The van der Waals surface area contributed by atoms with Crippen LogP contribution in [0.1, 0.15) is 105 Å². The molecule has 0 radical (unpaired) electrons. The Morgan fingerprint density at radius 1 is 0.522 bits per heavy atom. The number of aromatic nitrogens is 3. The molecule has 3 amide bonds. The van der Waals surface area contributed by atoms with Gasteiger partial charge in [-0.05, 0) is 168 Å². The van der Waals surface area contributed by atoms with E-state index in [2.05, 4.69) is 46.4 Å². The second-order valence-electron chi connectivity index (χ2n) is 24.7. The van der Waals surface area contributed by atoms with Crippen LogP contribution in [-0.2, 0) is 27.1 Å². The van der Waals surface area contributed by atoms with E-state index in [1.165, 1.54) is 10.9 Å². The lowest BCUT2D eigenvalue weighted by Crippen LogP contribution is -2.50. The summed E-state index contributed by atoms with van der Waals surface area (Å²) in [5.74, 6) is -1.22. The molecule has 0 saturated carbocycles. The molecule has 2 aromatic carbocycles. The standard InChI is InChI=1S/C31H38N4O5S.C21H22N4OS.C15H21N3O4/c1-30(2,3)39-28(37)33-24-11-9-21(27-8-7-17-41-27)18-22(24)19-26(36)25-12-10-23(20-32-25)34-13-15-35(16-14-34)29(38)40-31(4,5)6;22-18-5-3-15(21-2-1-11-27-21)12-16(18)13-20(26)19-6-4-17(14-24-19)25-9-7-23-8-10-25;1-15(2,3)22-14(21)18-8-6-17(7-9-18)11-4-5-12(13(19)20)16-10-11/h7-12,17-18,20H,13-16,19H2,1-6H3,(H,33,37);1-6,11-12,14,23H,7-10,13,22H2;4-5,10H,6-9H2,1-3H3,(H,19,20). The first kappa shape index (κ1) is 67.0. The van der Waals surface area contributed by atoms with Crippen molar-refractivity contribution >= 4 is 86.9 Å². The van der Waals surface area contributed by atoms with Crippen LogP contribution in [0, 0.1) is 0 Å². The number of piperazine rings is 3. The van der Waals surface area contributed by atoms with Gasteiger partial charge in [-0.15, -0.1) is 22.7 Å². The zero-order valence-electron chi connectivity index (χ0n) is 52.6. The number of carboxylic acid groups (broad SMARTS) is 1. The summed E-state index contributed by atoms with van der Waals surface area (Å²) in [5, 5.41) is 19.0. The molecule has 0 spiro atoms. The minimum absolute atomic E-state index is 0.0168. The first-order valence-electron chi connectivity index (χ1n) is 29.9. The highest BCUT2D eigenvalue weighted by Crippen LogP contribution is 2.32. The molecule has 10 rings (SSSR count). The van der Waals surface area contributed by atoms with Gasteiger partial charge in [0.2, 0.25) is 0 Å². The molecule has 0 unspecified atom stereocenters. The maximum absolute atomic E-state index is 13.3. The Morgan fingerprint density at radius 3 is 1.33 bits per heavy atom. The zero-order valence-corrected chi connectivity index (χ0v) is 54.2. The second-order valence-corrected chi connectivity index (χ2v) is 26.6. The van der Waals surface area contributed by atoms with Crippen LogP contribution in [-0.4, -0.2) is 161 Å². The van der Waals surface area contributed by atoms with Crippen LogP contribution >= 0.6 is 22.7 Å². The summed E-state index contributed by atoms with van der Waals surface area (Å²) in [5.41, 5.74) is 12.8. The van der Waals surface area contributed by atoms with Crippen LogP contribution in [0.15, 0.2) is 126 Å². The third-order valence-corrected chi connectivity index (χ3v) is 16.1. The van der Waals surface area contributed by atoms with Crippen molar-refractivity contribution in [3.8, 4) is 20.9 Å². The van der Waals surface area contributed by atoms with Crippen molar-refractivity contribution in [2.45, 2.75) is 92.0 Å². The minimum Gasteiger partial charge on any atom is -0.477 e. The predicted molar refractivity (Wildman–Crippen MR) is 355 cm³/mol. The van der Waals surface area contributed by atoms with Crippen LogP contribution in [0.25, 0.3) is 20.9 Å². The van der Waals surface area contributed by atoms with Crippen molar-refractivity contribution in [3.05, 3.63) is 155 Å². The molecule has 0 aliphatic carbocycles. The summed E-state index contributed by atoms with van der Waals surface area (Å²) in [4.78, 5) is 98.5. The Morgan fingerprint density at radius 2 is 0.933 bits per heavy atom. The summed E-state index contributed by atoms with van der Waals surface area (Å²) < 4.78 is 16.3. The number of ketones is 2. The number of hydrogen-bond donors (Lipinski definition) is 4.